The Morgan fingerprint density at radius 1 is 1.19 bits per heavy atom. The maximum Gasteiger partial charge on any atom is 0.331 e. The molecule has 1 fully saturated rings. The van der Waals surface area contributed by atoms with Crippen LogP contribution in [0.2, 0.25) is 0 Å². The number of amides is 2. The van der Waals surface area contributed by atoms with Crippen molar-refractivity contribution < 1.29 is 19.1 Å². The fourth-order valence-electron chi connectivity index (χ4n) is 2.15. The van der Waals surface area contributed by atoms with Gasteiger partial charge in [0.1, 0.15) is 0 Å². The molecule has 1 aliphatic rings. The molecule has 0 aliphatic heterocycles. The zero-order valence-electron chi connectivity index (χ0n) is 13.9. The molecule has 2 amide bonds. The first kappa shape index (κ1) is 17.9. The lowest BCUT2D eigenvalue weighted by Gasteiger charge is -2.08. The number of hydrogen-bond acceptors (Lipinski definition) is 5. The van der Waals surface area contributed by atoms with Gasteiger partial charge in [0.2, 0.25) is 0 Å². The van der Waals surface area contributed by atoms with Crippen molar-refractivity contribution in [3.8, 4) is 0 Å². The molecule has 1 aromatic carbocycles. The van der Waals surface area contributed by atoms with Gasteiger partial charge in [-0.25, -0.2) is 4.79 Å². The first-order valence-corrected chi connectivity index (χ1v) is 9.07. The van der Waals surface area contributed by atoms with Gasteiger partial charge in [-0.15, -0.1) is 11.3 Å². The molecule has 26 heavy (non-hydrogen) atoms. The molecule has 0 bridgehead atoms. The van der Waals surface area contributed by atoms with Crippen LogP contribution < -0.4 is 10.6 Å². The predicted molar refractivity (Wildman–Crippen MR) is 99.9 cm³/mol. The standard InChI is InChI=1S/C19H18N2O4S/c22-17(12-25-18(23)9-8-16-5-2-10-26-16)20-15-4-1-3-13(11-15)19(24)21-14-6-7-14/h1-5,8-11,14H,6-7,12H2,(H,20,22)(H,21,24)/b9-8+. The zero-order chi connectivity index (χ0) is 18.4. The van der Waals surface area contributed by atoms with E-state index in [1.165, 1.54) is 17.4 Å². The van der Waals surface area contributed by atoms with Crippen LogP contribution in [0, 0.1) is 0 Å². The van der Waals surface area contributed by atoms with Crippen LogP contribution >= 0.6 is 11.3 Å². The van der Waals surface area contributed by atoms with E-state index in [4.69, 9.17) is 4.74 Å². The molecule has 2 aromatic rings. The van der Waals surface area contributed by atoms with Gasteiger partial charge in [0.15, 0.2) is 6.61 Å². The summed E-state index contributed by atoms with van der Waals surface area (Å²) in [5.41, 5.74) is 0.953. The van der Waals surface area contributed by atoms with E-state index in [2.05, 4.69) is 10.6 Å². The number of anilines is 1. The van der Waals surface area contributed by atoms with Gasteiger partial charge in [0.05, 0.1) is 0 Å². The number of ether oxygens (including phenoxy) is 1. The van der Waals surface area contributed by atoms with Gasteiger partial charge in [0, 0.05) is 28.2 Å². The molecule has 0 spiro atoms. The molecule has 3 rings (SSSR count). The summed E-state index contributed by atoms with van der Waals surface area (Å²) in [4.78, 5) is 36.5. The Bertz CT molecular complexity index is 826. The fourth-order valence-corrected chi connectivity index (χ4v) is 2.77. The molecule has 0 unspecified atom stereocenters. The second-order valence-electron chi connectivity index (χ2n) is 5.83. The third-order valence-corrected chi connectivity index (χ3v) is 4.43. The summed E-state index contributed by atoms with van der Waals surface area (Å²) in [6.45, 7) is -0.397. The monoisotopic (exact) mass is 370 g/mol. The molecule has 6 nitrogen and oxygen atoms in total. The normalized spacial score (nSPS) is 13.4. The lowest BCUT2D eigenvalue weighted by molar-refractivity contribution is -0.142. The minimum Gasteiger partial charge on any atom is -0.452 e. The predicted octanol–water partition coefficient (Wildman–Crippen LogP) is 2.84. The van der Waals surface area contributed by atoms with Crippen LogP contribution in [0.1, 0.15) is 28.1 Å². The number of thiophene rings is 1. The van der Waals surface area contributed by atoms with Gasteiger partial charge >= 0.3 is 5.97 Å². The van der Waals surface area contributed by atoms with E-state index in [9.17, 15) is 14.4 Å². The van der Waals surface area contributed by atoms with Gasteiger partial charge in [-0.3, -0.25) is 9.59 Å². The van der Waals surface area contributed by atoms with Gasteiger partial charge < -0.3 is 15.4 Å². The first-order valence-electron chi connectivity index (χ1n) is 8.19. The van der Waals surface area contributed by atoms with Gasteiger partial charge in [-0.1, -0.05) is 12.1 Å². The molecule has 1 aliphatic carbocycles. The van der Waals surface area contributed by atoms with Crippen LogP contribution in [-0.4, -0.2) is 30.4 Å². The van der Waals surface area contributed by atoms with E-state index in [1.54, 1.807) is 30.3 Å². The van der Waals surface area contributed by atoms with Gasteiger partial charge in [-0.2, -0.15) is 0 Å². The molecule has 134 valence electrons. The quantitative estimate of drug-likeness (QED) is 0.580. The molecule has 2 N–H and O–H groups in total. The van der Waals surface area contributed by atoms with Crippen LogP contribution in [0.25, 0.3) is 6.08 Å². The number of carbonyl (C=O) groups excluding carboxylic acids is 3. The van der Waals surface area contributed by atoms with Gasteiger partial charge in [-0.05, 0) is 48.6 Å². The Labute approximate surface area is 154 Å². The zero-order valence-corrected chi connectivity index (χ0v) is 14.8. The van der Waals surface area contributed by atoms with Crippen LogP contribution in [0.4, 0.5) is 5.69 Å². The van der Waals surface area contributed by atoms with Crippen molar-refractivity contribution in [3.05, 3.63) is 58.3 Å². The van der Waals surface area contributed by atoms with Crippen LogP contribution in [0.5, 0.6) is 0 Å². The molecular weight excluding hydrogens is 352 g/mol. The topological polar surface area (TPSA) is 84.5 Å². The summed E-state index contributed by atoms with van der Waals surface area (Å²) >= 11 is 1.50. The average molecular weight is 370 g/mol. The number of carbonyl (C=O) groups is 3. The van der Waals surface area contributed by atoms with Crippen molar-refractivity contribution in [2.24, 2.45) is 0 Å². The third-order valence-electron chi connectivity index (χ3n) is 3.59. The van der Waals surface area contributed by atoms with Gasteiger partial charge in [0.25, 0.3) is 11.8 Å². The Hall–Kier alpha value is -2.93. The van der Waals surface area contributed by atoms with E-state index in [1.807, 2.05) is 17.5 Å². The Morgan fingerprint density at radius 3 is 2.77 bits per heavy atom. The largest absolute Gasteiger partial charge is 0.452 e. The highest BCUT2D eigenvalue weighted by Crippen LogP contribution is 2.20. The Kier molecular flexibility index (Phi) is 5.80. The second-order valence-corrected chi connectivity index (χ2v) is 6.81. The van der Waals surface area contributed by atoms with E-state index in [0.29, 0.717) is 11.3 Å². The van der Waals surface area contributed by atoms with E-state index in [-0.39, 0.29) is 11.9 Å². The van der Waals surface area contributed by atoms with Crippen LogP contribution in [0.15, 0.2) is 47.9 Å². The van der Waals surface area contributed by atoms with Crippen molar-refractivity contribution in [2.75, 3.05) is 11.9 Å². The lowest BCUT2D eigenvalue weighted by Crippen LogP contribution is -2.25. The van der Waals surface area contributed by atoms with Crippen molar-refractivity contribution >= 4 is 40.9 Å². The molecule has 1 aromatic heterocycles. The summed E-state index contributed by atoms with van der Waals surface area (Å²) in [6, 6.07) is 10.6. The number of esters is 1. The molecular formula is C19H18N2O4S. The maximum atomic E-state index is 12.0. The summed E-state index contributed by atoms with van der Waals surface area (Å²) in [5, 5.41) is 7.40. The highest BCUT2D eigenvalue weighted by Gasteiger charge is 2.23. The smallest absolute Gasteiger partial charge is 0.331 e. The van der Waals surface area contributed by atoms with Crippen molar-refractivity contribution in [1.29, 1.82) is 0 Å². The number of hydrogen-bond donors (Lipinski definition) is 2. The first-order chi connectivity index (χ1) is 12.6. The fraction of sp³-hybridized carbons (Fsp3) is 0.211. The molecule has 0 radical (unpaired) electrons. The van der Waals surface area contributed by atoms with Crippen LogP contribution in [-0.2, 0) is 14.3 Å². The van der Waals surface area contributed by atoms with Crippen molar-refractivity contribution in [1.82, 2.24) is 5.32 Å². The van der Waals surface area contributed by atoms with E-state index < -0.39 is 18.5 Å². The highest BCUT2D eigenvalue weighted by molar-refractivity contribution is 7.10. The SMILES string of the molecule is O=C(COC(=O)/C=C/c1cccs1)Nc1cccc(C(=O)NC2CC2)c1. The lowest BCUT2D eigenvalue weighted by atomic mass is 10.2. The average Bonchev–Trinajstić information content (AvgIpc) is 3.29. The number of rotatable bonds is 7. The molecule has 7 heteroatoms. The van der Waals surface area contributed by atoms with E-state index >= 15 is 0 Å². The minimum atomic E-state index is -0.592. The summed E-state index contributed by atoms with van der Waals surface area (Å²) in [7, 11) is 0. The minimum absolute atomic E-state index is 0.159. The number of nitrogens with one attached hydrogen (secondary N) is 2. The Morgan fingerprint density at radius 2 is 2.04 bits per heavy atom. The molecule has 0 atom stereocenters. The molecule has 0 saturated heterocycles. The second kappa shape index (κ2) is 8.44. The summed E-state index contributed by atoms with van der Waals surface area (Å²) in [6.07, 6.45) is 4.93. The van der Waals surface area contributed by atoms with Crippen LogP contribution in [0.3, 0.4) is 0 Å². The summed E-state index contributed by atoms with van der Waals surface area (Å²) in [5.74, 6) is -1.22. The summed E-state index contributed by atoms with van der Waals surface area (Å²) < 4.78 is 4.90. The molecule has 1 heterocycles. The van der Waals surface area contributed by atoms with Crippen molar-refractivity contribution in [2.45, 2.75) is 18.9 Å². The highest BCUT2D eigenvalue weighted by atomic mass is 32.1. The third kappa shape index (κ3) is 5.56. The van der Waals surface area contributed by atoms with Crippen molar-refractivity contribution in [3.63, 3.8) is 0 Å². The molecule has 1 saturated carbocycles. The Balaban J connectivity index is 1.46. The number of benzene rings is 1. The maximum absolute atomic E-state index is 12.0. The van der Waals surface area contributed by atoms with E-state index in [0.717, 1.165) is 17.7 Å².